The molecule has 15 heavy (non-hydrogen) atoms. The number of nitrogens with two attached hydrogens (primary N) is 1. The molecule has 1 atom stereocenters. The minimum atomic E-state index is -0.600. The summed E-state index contributed by atoms with van der Waals surface area (Å²) in [5.41, 5.74) is 4.92. The van der Waals surface area contributed by atoms with Crippen molar-refractivity contribution in [3.63, 3.8) is 0 Å². The first-order chi connectivity index (χ1) is 7.19. The van der Waals surface area contributed by atoms with E-state index in [2.05, 4.69) is 5.32 Å². The summed E-state index contributed by atoms with van der Waals surface area (Å²) in [6, 6.07) is 0. The summed E-state index contributed by atoms with van der Waals surface area (Å²) < 4.78 is 5.16. The lowest BCUT2D eigenvalue weighted by Gasteiger charge is -2.31. The second-order valence-electron chi connectivity index (χ2n) is 4.87. The molecule has 2 aliphatic rings. The van der Waals surface area contributed by atoms with Crippen molar-refractivity contribution in [3.8, 4) is 0 Å². The lowest BCUT2D eigenvalue weighted by Crippen LogP contribution is -2.60. The maximum Gasteiger partial charge on any atom is 0.240 e. The fourth-order valence-electron chi connectivity index (χ4n) is 2.12. The molecule has 1 unspecified atom stereocenters. The van der Waals surface area contributed by atoms with Crippen LogP contribution in [0.4, 0.5) is 0 Å². The van der Waals surface area contributed by atoms with Crippen molar-refractivity contribution < 1.29 is 9.53 Å². The highest BCUT2D eigenvalue weighted by atomic mass is 16.5. The van der Waals surface area contributed by atoms with E-state index in [4.69, 9.17) is 10.5 Å². The Morgan fingerprint density at radius 1 is 1.47 bits per heavy atom. The second kappa shape index (κ2) is 4.10. The number of rotatable bonds is 7. The number of ether oxygens (including phenoxy) is 1. The van der Waals surface area contributed by atoms with Crippen molar-refractivity contribution in [2.45, 2.75) is 31.2 Å². The minimum absolute atomic E-state index is 0.257. The molecule has 0 aromatic heterocycles. The Labute approximate surface area is 90.5 Å². The molecule has 1 amide bonds. The largest absolute Gasteiger partial charge is 0.382 e. The van der Waals surface area contributed by atoms with E-state index in [9.17, 15) is 4.79 Å². The molecule has 2 aliphatic carbocycles. The van der Waals surface area contributed by atoms with Crippen LogP contribution in [0.25, 0.3) is 0 Å². The molecule has 4 heteroatoms. The molecule has 0 bridgehead atoms. The van der Waals surface area contributed by atoms with Crippen LogP contribution in [0.2, 0.25) is 0 Å². The van der Waals surface area contributed by atoms with Crippen LogP contribution < -0.4 is 11.1 Å². The van der Waals surface area contributed by atoms with E-state index in [0.29, 0.717) is 12.5 Å². The Morgan fingerprint density at radius 2 is 2.13 bits per heavy atom. The Balaban J connectivity index is 1.99. The van der Waals surface area contributed by atoms with Crippen molar-refractivity contribution in [2.75, 3.05) is 20.3 Å². The molecule has 0 aromatic rings. The third-order valence-electron chi connectivity index (χ3n) is 3.49. The van der Waals surface area contributed by atoms with Crippen LogP contribution in [0.15, 0.2) is 0 Å². The van der Waals surface area contributed by atoms with Gasteiger partial charge in [-0.3, -0.25) is 4.79 Å². The summed E-state index contributed by atoms with van der Waals surface area (Å²) in [5, 5.41) is 3.36. The average molecular weight is 212 g/mol. The molecule has 0 saturated heterocycles. The molecule has 2 saturated carbocycles. The van der Waals surface area contributed by atoms with Gasteiger partial charge in [-0.25, -0.2) is 0 Å². The van der Waals surface area contributed by atoms with Gasteiger partial charge in [0.05, 0.1) is 6.61 Å². The summed E-state index contributed by atoms with van der Waals surface area (Å²) in [4.78, 5) is 11.6. The Hall–Kier alpha value is -0.610. The van der Waals surface area contributed by atoms with E-state index in [-0.39, 0.29) is 5.91 Å². The lowest BCUT2D eigenvalue weighted by molar-refractivity contribution is -0.127. The fourth-order valence-corrected chi connectivity index (χ4v) is 2.12. The number of carbonyl (C=O) groups excluding carboxylic acids is 1. The molecule has 4 nitrogen and oxygen atoms in total. The zero-order chi connectivity index (χ0) is 10.9. The van der Waals surface area contributed by atoms with Crippen molar-refractivity contribution in [1.82, 2.24) is 5.32 Å². The van der Waals surface area contributed by atoms with E-state index in [0.717, 1.165) is 25.3 Å². The summed E-state index contributed by atoms with van der Waals surface area (Å²) in [7, 11) is 1.62. The van der Waals surface area contributed by atoms with E-state index in [1.54, 1.807) is 7.11 Å². The van der Waals surface area contributed by atoms with Crippen LogP contribution >= 0.6 is 0 Å². The number of amides is 1. The highest BCUT2D eigenvalue weighted by Gasteiger charge is 2.50. The summed E-state index contributed by atoms with van der Waals surface area (Å²) in [6.45, 7) is 1.31. The van der Waals surface area contributed by atoms with Gasteiger partial charge in [-0.05, 0) is 44.1 Å². The molecule has 2 fully saturated rings. The van der Waals surface area contributed by atoms with E-state index >= 15 is 0 Å². The van der Waals surface area contributed by atoms with Gasteiger partial charge in [0.25, 0.3) is 0 Å². The average Bonchev–Trinajstić information content (AvgIpc) is 3.03. The molecule has 86 valence electrons. The highest BCUT2D eigenvalue weighted by molar-refractivity contribution is 5.85. The number of nitrogens with one attached hydrogen (secondary N) is 1. The summed E-state index contributed by atoms with van der Waals surface area (Å²) >= 11 is 0. The minimum Gasteiger partial charge on any atom is -0.382 e. The predicted molar refractivity (Wildman–Crippen MR) is 57.3 cm³/mol. The topological polar surface area (TPSA) is 64.3 Å². The molecule has 2 rings (SSSR count). The molecular weight excluding hydrogens is 192 g/mol. The third kappa shape index (κ3) is 2.32. The Morgan fingerprint density at radius 3 is 2.53 bits per heavy atom. The number of methoxy groups -OCH3 is 1. The zero-order valence-electron chi connectivity index (χ0n) is 9.29. The first kappa shape index (κ1) is 10.9. The fraction of sp³-hybridized carbons (Fsp3) is 0.909. The van der Waals surface area contributed by atoms with Crippen LogP contribution in [0.3, 0.4) is 0 Å². The van der Waals surface area contributed by atoms with Gasteiger partial charge in [0.1, 0.15) is 5.54 Å². The van der Waals surface area contributed by atoms with Gasteiger partial charge in [0.15, 0.2) is 0 Å². The monoisotopic (exact) mass is 212 g/mol. The van der Waals surface area contributed by atoms with E-state index in [1.807, 2.05) is 0 Å². The van der Waals surface area contributed by atoms with Gasteiger partial charge in [0, 0.05) is 7.11 Å². The van der Waals surface area contributed by atoms with Gasteiger partial charge in [-0.1, -0.05) is 0 Å². The first-order valence-corrected chi connectivity index (χ1v) is 5.73. The predicted octanol–water partition coefficient (Wildman–Crippen LogP) is 0.267. The van der Waals surface area contributed by atoms with Crippen LogP contribution in [-0.4, -0.2) is 31.7 Å². The van der Waals surface area contributed by atoms with Gasteiger partial charge in [0.2, 0.25) is 5.91 Å². The first-order valence-electron chi connectivity index (χ1n) is 5.73. The molecule has 0 heterocycles. The van der Waals surface area contributed by atoms with Gasteiger partial charge in [-0.2, -0.15) is 0 Å². The quantitative estimate of drug-likeness (QED) is 0.636. The van der Waals surface area contributed by atoms with Crippen LogP contribution in [0, 0.1) is 11.8 Å². The molecular formula is C11H20N2O2. The molecule has 0 aromatic carbocycles. The van der Waals surface area contributed by atoms with E-state index < -0.39 is 5.54 Å². The van der Waals surface area contributed by atoms with Crippen LogP contribution in [0.1, 0.15) is 25.7 Å². The number of hydrogen-bond acceptors (Lipinski definition) is 3. The maximum absolute atomic E-state index is 11.6. The molecule has 0 aliphatic heterocycles. The number of hydrogen-bond donors (Lipinski definition) is 2. The second-order valence-corrected chi connectivity index (χ2v) is 4.87. The van der Waals surface area contributed by atoms with Gasteiger partial charge >= 0.3 is 0 Å². The van der Waals surface area contributed by atoms with Crippen molar-refractivity contribution >= 4 is 5.91 Å². The molecule has 3 N–H and O–H groups in total. The van der Waals surface area contributed by atoms with Crippen molar-refractivity contribution in [1.29, 1.82) is 0 Å². The normalized spacial score (nSPS) is 24.9. The number of primary amides is 1. The Kier molecular flexibility index (Phi) is 2.98. The maximum atomic E-state index is 11.6. The summed E-state index contributed by atoms with van der Waals surface area (Å²) in [5.74, 6) is 0.875. The standard InChI is InChI=1S/C11H20N2O2/c1-15-7-11(10(12)14,9-4-5-9)13-6-8-2-3-8/h8-9,13H,2-7H2,1H3,(H2,12,14). The third-order valence-corrected chi connectivity index (χ3v) is 3.49. The smallest absolute Gasteiger partial charge is 0.240 e. The zero-order valence-corrected chi connectivity index (χ0v) is 9.29. The number of carbonyl (C=O) groups is 1. The lowest BCUT2D eigenvalue weighted by atomic mass is 9.93. The van der Waals surface area contributed by atoms with Crippen molar-refractivity contribution in [2.24, 2.45) is 17.6 Å². The van der Waals surface area contributed by atoms with Crippen LogP contribution in [-0.2, 0) is 9.53 Å². The van der Waals surface area contributed by atoms with Gasteiger partial charge < -0.3 is 15.8 Å². The molecule has 0 radical (unpaired) electrons. The van der Waals surface area contributed by atoms with E-state index in [1.165, 1.54) is 12.8 Å². The Bertz CT molecular complexity index is 249. The van der Waals surface area contributed by atoms with Gasteiger partial charge in [-0.15, -0.1) is 0 Å². The summed E-state index contributed by atoms with van der Waals surface area (Å²) in [6.07, 6.45) is 4.73. The van der Waals surface area contributed by atoms with Crippen molar-refractivity contribution in [3.05, 3.63) is 0 Å². The highest BCUT2D eigenvalue weighted by Crippen LogP contribution is 2.40. The van der Waals surface area contributed by atoms with Crippen LogP contribution in [0.5, 0.6) is 0 Å². The molecule has 0 spiro atoms. The SMILES string of the molecule is COCC(NCC1CC1)(C(N)=O)C1CC1.